The van der Waals surface area contributed by atoms with Gasteiger partial charge in [-0.1, -0.05) is 36.0 Å². The molecule has 0 radical (unpaired) electrons. The number of amides is 2. The normalized spacial score (nSPS) is 17.1. The highest BCUT2D eigenvalue weighted by atomic mass is 32.2. The summed E-state index contributed by atoms with van der Waals surface area (Å²) in [5.41, 5.74) is 3.87. The number of benzene rings is 1. The van der Waals surface area contributed by atoms with E-state index in [1.165, 1.54) is 5.56 Å². The van der Waals surface area contributed by atoms with Crippen LogP contribution in [0.3, 0.4) is 0 Å². The quantitative estimate of drug-likeness (QED) is 0.791. The molecular weight excluding hydrogens is 324 g/mol. The van der Waals surface area contributed by atoms with E-state index >= 15 is 0 Å². The van der Waals surface area contributed by atoms with Gasteiger partial charge in [0, 0.05) is 23.9 Å². The van der Waals surface area contributed by atoms with Gasteiger partial charge in [-0.15, -0.1) is 0 Å². The molecule has 1 saturated heterocycles. The molecular formula is C18H18N2O3S. The van der Waals surface area contributed by atoms with Crippen molar-refractivity contribution in [3.05, 3.63) is 58.9 Å². The minimum atomic E-state index is -0.380. The molecule has 1 fully saturated rings. The molecule has 0 aliphatic carbocycles. The highest BCUT2D eigenvalue weighted by Crippen LogP contribution is 2.23. The zero-order valence-corrected chi connectivity index (χ0v) is 14.1. The van der Waals surface area contributed by atoms with Crippen molar-refractivity contribution in [3.8, 4) is 0 Å². The predicted molar refractivity (Wildman–Crippen MR) is 93.2 cm³/mol. The largest absolute Gasteiger partial charge is 0.365 e. The lowest BCUT2D eigenvalue weighted by atomic mass is 10.0. The van der Waals surface area contributed by atoms with Crippen LogP contribution in [0.15, 0.2) is 36.5 Å². The van der Waals surface area contributed by atoms with E-state index in [1.54, 1.807) is 12.1 Å². The third-order valence-corrected chi connectivity index (χ3v) is 5.11. The number of rotatable bonds is 6. The summed E-state index contributed by atoms with van der Waals surface area (Å²) < 4.78 is 0. The Morgan fingerprint density at radius 1 is 1.17 bits per heavy atom. The maximum absolute atomic E-state index is 12.3. The smallest absolute Gasteiger partial charge is 0.286 e. The van der Waals surface area contributed by atoms with Crippen LogP contribution >= 0.6 is 11.8 Å². The zero-order valence-electron chi connectivity index (χ0n) is 13.3. The number of aryl methyl sites for hydroxylation is 2. The van der Waals surface area contributed by atoms with Gasteiger partial charge in [0.25, 0.3) is 5.24 Å². The number of hydrogen-bond donors (Lipinski definition) is 2. The molecule has 0 spiro atoms. The molecule has 5 nitrogen and oxygen atoms in total. The maximum atomic E-state index is 12.3. The first-order valence-corrected chi connectivity index (χ1v) is 8.67. The first-order chi connectivity index (χ1) is 11.5. The fraction of sp³-hybridized carbons (Fsp3) is 0.278. The van der Waals surface area contributed by atoms with Gasteiger partial charge in [0.05, 0.1) is 5.25 Å². The van der Waals surface area contributed by atoms with Crippen molar-refractivity contribution in [2.75, 3.05) is 0 Å². The second-order valence-electron chi connectivity index (χ2n) is 5.85. The average molecular weight is 342 g/mol. The molecule has 2 heterocycles. The molecule has 1 aliphatic rings. The highest BCUT2D eigenvalue weighted by Gasteiger charge is 2.31. The number of H-pyrrole nitrogens is 1. The van der Waals surface area contributed by atoms with Crippen LogP contribution in [0.1, 0.15) is 33.6 Å². The average Bonchev–Trinajstić information content (AvgIpc) is 3.11. The van der Waals surface area contributed by atoms with Crippen LogP contribution in [0.25, 0.3) is 0 Å². The molecule has 1 atom stereocenters. The van der Waals surface area contributed by atoms with Gasteiger partial charge in [0.2, 0.25) is 5.91 Å². The summed E-state index contributed by atoms with van der Waals surface area (Å²) in [5.74, 6) is -0.148. The Kier molecular flexibility index (Phi) is 4.85. The number of carbonyl (C=O) groups excluding carboxylic acids is 3. The summed E-state index contributed by atoms with van der Waals surface area (Å²) in [4.78, 5) is 38.2. The van der Waals surface area contributed by atoms with Crippen LogP contribution in [0.2, 0.25) is 0 Å². The molecule has 1 aliphatic heterocycles. The van der Waals surface area contributed by atoms with Gasteiger partial charge in [0.15, 0.2) is 5.78 Å². The minimum Gasteiger partial charge on any atom is -0.365 e. The summed E-state index contributed by atoms with van der Waals surface area (Å²) in [6.45, 7) is 2.02. The van der Waals surface area contributed by atoms with Crippen LogP contribution in [-0.4, -0.2) is 27.2 Å². The van der Waals surface area contributed by atoms with E-state index < -0.39 is 0 Å². The second-order valence-corrected chi connectivity index (χ2v) is 7.02. The Hall–Kier alpha value is -2.34. The number of hydrogen-bond acceptors (Lipinski definition) is 4. The maximum Gasteiger partial charge on any atom is 0.286 e. The Balaban J connectivity index is 1.57. The van der Waals surface area contributed by atoms with Crippen molar-refractivity contribution < 1.29 is 14.4 Å². The van der Waals surface area contributed by atoms with E-state index in [1.807, 2.05) is 31.3 Å². The molecule has 6 heteroatoms. The van der Waals surface area contributed by atoms with Crippen molar-refractivity contribution >= 4 is 28.7 Å². The van der Waals surface area contributed by atoms with Crippen molar-refractivity contribution in [2.45, 2.75) is 31.4 Å². The van der Waals surface area contributed by atoms with Gasteiger partial charge in [0.1, 0.15) is 0 Å². The number of thioether (sulfide) groups is 1. The first kappa shape index (κ1) is 16.5. The van der Waals surface area contributed by atoms with Crippen molar-refractivity contribution in [3.63, 3.8) is 0 Å². The van der Waals surface area contributed by atoms with Crippen molar-refractivity contribution in [1.82, 2.24) is 10.3 Å². The number of Topliss-reactive ketones (excluding diaryl/α,β-unsaturated/α-hetero) is 1. The molecule has 1 aromatic carbocycles. The van der Waals surface area contributed by atoms with Gasteiger partial charge >= 0.3 is 0 Å². The Bertz CT molecular complexity index is 780. The fourth-order valence-electron chi connectivity index (χ4n) is 2.70. The second kappa shape index (κ2) is 7.05. The Morgan fingerprint density at radius 3 is 2.50 bits per heavy atom. The molecule has 1 unspecified atom stereocenters. The van der Waals surface area contributed by atoms with Gasteiger partial charge < -0.3 is 4.98 Å². The van der Waals surface area contributed by atoms with Crippen molar-refractivity contribution in [2.24, 2.45) is 0 Å². The molecule has 24 heavy (non-hydrogen) atoms. The highest BCUT2D eigenvalue weighted by molar-refractivity contribution is 8.15. The lowest BCUT2D eigenvalue weighted by Crippen LogP contribution is -2.25. The van der Waals surface area contributed by atoms with E-state index in [0.717, 1.165) is 23.0 Å². The predicted octanol–water partition coefficient (Wildman–Crippen LogP) is 3.03. The monoisotopic (exact) mass is 342 g/mol. The summed E-state index contributed by atoms with van der Waals surface area (Å²) in [7, 11) is 0. The number of carbonyl (C=O) groups is 3. The summed E-state index contributed by atoms with van der Waals surface area (Å²) in [6.07, 6.45) is 3.51. The SMILES string of the molecule is Cc1cc[nH]c1CCC(=O)c1ccc(CC2SC(=O)NC2=O)cc1. The van der Waals surface area contributed by atoms with E-state index in [4.69, 9.17) is 0 Å². The molecule has 0 bridgehead atoms. The first-order valence-electron chi connectivity index (χ1n) is 7.79. The molecule has 2 amide bonds. The van der Waals surface area contributed by atoms with E-state index in [0.29, 0.717) is 24.8 Å². The zero-order chi connectivity index (χ0) is 17.1. The van der Waals surface area contributed by atoms with Gasteiger partial charge in [-0.05, 0) is 37.0 Å². The summed E-state index contributed by atoms with van der Waals surface area (Å²) in [6, 6.07) is 9.28. The van der Waals surface area contributed by atoms with E-state index in [9.17, 15) is 14.4 Å². The molecule has 0 saturated carbocycles. The number of imide groups is 1. The minimum absolute atomic E-state index is 0.0960. The van der Waals surface area contributed by atoms with Crippen LogP contribution < -0.4 is 5.32 Å². The van der Waals surface area contributed by atoms with Crippen LogP contribution in [0.5, 0.6) is 0 Å². The van der Waals surface area contributed by atoms with Crippen LogP contribution in [0, 0.1) is 6.92 Å². The fourth-order valence-corrected chi connectivity index (χ4v) is 3.56. The van der Waals surface area contributed by atoms with E-state index in [-0.39, 0.29) is 22.2 Å². The van der Waals surface area contributed by atoms with Crippen LogP contribution in [0.4, 0.5) is 4.79 Å². The third kappa shape index (κ3) is 3.76. The number of aromatic nitrogens is 1. The molecule has 3 rings (SSSR count). The number of nitrogens with one attached hydrogen (secondary N) is 2. The summed E-state index contributed by atoms with van der Waals surface area (Å²) >= 11 is 1.02. The van der Waals surface area contributed by atoms with Gasteiger partial charge in [-0.25, -0.2) is 0 Å². The topological polar surface area (TPSA) is 79.0 Å². The molecule has 124 valence electrons. The summed E-state index contributed by atoms with van der Waals surface area (Å²) in [5, 5.41) is 1.60. The Labute approximate surface area is 144 Å². The third-order valence-electron chi connectivity index (χ3n) is 4.13. The molecule has 2 N–H and O–H groups in total. The standard InChI is InChI=1S/C18H18N2O3S/c1-11-8-9-19-14(11)6-7-15(21)13-4-2-12(3-5-13)10-16-17(22)20-18(23)24-16/h2-5,8-9,16,19H,6-7,10H2,1H3,(H,20,22,23). The van der Waals surface area contributed by atoms with Crippen molar-refractivity contribution in [1.29, 1.82) is 0 Å². The molecule has 2 aromatic rings. The number of aromatic amines is 1. The van der Waals surface area contributed by atoms with E-state index in [2.05, 4.69) is 10.3 Å². The number of ketones is 1. The lowest BCUT2D eigenvalue weighted by molar-refractivity contribution is -0.118. The van der Waals surface area contributed by atoms with Gasteiger partial charge in [-0.2, -0.15) is 0 Å². The molecule has 1 aromatic heterocycles. The van der Waals surface area contributed by atoms with Gasteiger partial charge in [-0.3, -0.25) is 19.7 Å². The van der Waals surface area contributed by atoms with Crippen LogP contribution in [-0.2, 0) is 17.6 Å². The lowest BCUT2D eigenvalue weighted by Gasteiger charge is -2.07. The Morgan fingerprint density at radius 2 is 1.92 bits per heavy atom.